The number of aryl methyl sites for hydroxylation is 1. The van der Waals surface area contributed by atoms with E-state index in [1.54, 1.807) is 0 Å². The molecule has 2 N–H and O–H groups in total. The first-order valence-corrected chi connectivity index (χ1v) is 5.08. The van der Waals surface area contributed by atoms with Crippen LogP contribution in [0.4, 0.5) is 4.39 Å². The zero-order chi connectivity index (χ0) is 10.6. The van der Waals surface area contributed by atoms with E-state index in [0.29, 0.717) is 5.56 Å². The lowest BCUT2D eigenvalue weighted by atomic mass is 9.96. The van der Waals surface area contributed by atoms with Crippen molar-refractivity contribution in [2.45, 2.75) is 32.4 Å². The van der Waals surface area contributed by atoms with E-state index in [9.17, 15) is 4.39 Å². The number of halogens is 1. The second-order valence-electron chi connectivity index (χ2n) is 3.85. The molecule has 1 unspecified atom stereocenters. The van der Waals surface area contributed by atoms with Crippen LogP contribution in [0.1, 0.15) is 31.4 Å². The largest absolute Gasteiger partial charge is 0.327 e. The molecule has 0 spiro atoms. The Bertz CT molecular complexity index is 277. The van der Waals surface area contributed by atoms with Gasteiger partial charge in [0.1, 0.15) is 5.67 Å². The predicted molar refractivity (Wildman–Crippen MR) is 58.0 cm³/mol. The molecule has 1 nitrogen and oxygen atoms in total. The maximum Gasteiger partial charge on any atom is 0.145 e. The molecule has 1 atom stereocenters. The van der Waals surface area contributed by atoms with Crippen LogP contribution < -0.4 is 5.73 Å². The molecule has 0 saturated heterocycles. The fourth-order valence-electron chi connectivity index (χ4n) is 1.43. The maximum atomic E-state index is 13.7. The smallest absolute Gasteiger partial charge is 0.145 e. The van der Waals surface area contributed by atoms with Gasteiger partial charge in [0.2, 0.25) is 0 Å². The SMILES string of the molecule is CCCc1ccc(C(C)(F)CN)cc1. The first-order chi connectivity index (χ1) is 6.60. The van der Waals surface area contributed by atoms with Gasteiger partial charge in [0.05, 0.1) is 0 Å². The van der Waals surface area contributed by atoms with Crippen LogP contribution in [0.25, 0.3) is 0 Å². The Balaban J connectivity index is 2.82. The molecule has 14 heavy (non-hydrogen) atoms. The lowest BCUT2D eigenvalue weighted by molar-refractivity contribution is 0.203. The van der Waals surface area contributed by atoms with Gasteiger partial charge < -0.3 is 5.73 Å². The van der Waals surface area contributed by atoms with E-state index in [2.05, 4.69) is 6.92 Å². The second-order valence-corrected chi connectivity index (χ2v) is 3.85. The Kier molecular flexibility index (Phi) is 3.64. The van der Waals surface area contributed by atoms with Gasteiger partial charge in [0.15, 0.2) is 0 Å². The van der Waals surface area contributed by atoms with Gasteiger partial charge in [-0.1, -0.05) is 37.6 Å². The average molecular weight is 195 g/mol. The van der Waals surface area contributed by atoms with Crippen molar-refractivity contribution in [2.75, 3.05) is 6.54 Å². The summed E-state index contributed by atoms with van der Waals surface area (Å²) in [7, 11) is 0. The van der Waals surface area contributed by atoms with Crippen LogP contribution in [0.15, 0.2) is 24.3 Å². The molecule has 0 aliphatic heterocycles. The highest BCUT2D eigenvalue weighted by Gasteiger charge is 2.23. The van der Waals surface area contributed by atoms with Gasteiger partial charge in [-0.05, 0) is 24.5 Å². The molecular weight excluding hydrogens is 177 g/mol. The quantitative estimate of drug-likeness (QED) is 0.785. The molecule has 0 bridgehead atoms. The zero-order valence-electron chi connectivity index (χ0n) is 8.89. The second kappa shape index (κ2) is 4.56. The minimum atomic E-state index is -1.40. The maximum absolute atomic E-state index is 13.7. The highest BCUT2D eigenvalue weighted by molar-refractivity contribution is 5.27. The standard InChI is InChI=1S/C12H18FN/c1-3-4-10-5-7-11(8-6-10)12(2,13)9-14/h5-8H,3-4,9,14H2,1-2H3. The van der Waals surface area contributed by atoms with Crippen molar-refractivity contribution in [3.8, 4) is 0 Å². The van der Waals surface area contributed by atoms with E-state index in [-0.39, 0.29) is 6.54 Å². The molecule has 0 heterocycles. The van der Waals surface area contributed by atoms with Crippen molar-refractivity contribution < 1.29 is 4.39 Å². The minimum Gasteiger partial charge on any atom is -0.327 e. The number of alkyl halides is 1. The molecule has 0 fully saturated rings. The predicted octanol–water partition coefficient (Wildman–Crippen LogP) is 2.78. The number of hydrogen-bond acceptors (Lipinski definition) is 1. The molecule has 0 amide bonds. The molecule has 0 aromatic heterocycles. The summed E-state index contributed by atoms with van der Waals surface area (Å²) >= 11 is 0. The molecule has 2 heteroatoms. The van der Waals surface area contributed by atoms with Gasteiger partial charge in [-0.2, -0.15) is 0 Å². The number of hydrogen-bond donors (Lipinski definition) is 1. The van der Waals surface area contributed by atoms with Gasteiger partial charge in [0.25, 0.3) is 0 Å². The number of benzene rings is 1. The molecule has 1 rings (SSSR count). The topological polar surface area (TPSA) is 26.0 Å². The Morgan fingerprint density at radius 3 is 2.29 bits per heavy atom. The van der Waals surface area contributed by atoms with Gasteiger partial charge in [-0.3, -0.25) is 0 Å². The van der Waals surface area contributed by atoms with Crippen LogP contribution in [0.3, 0.4) is 0 Å². The third-order valence-electron chi connectivity index (χ3n) is 2.48. The molecule has 78 valence electrons. The summed E-state index contributed by atoms with van der Waals surface area (Å²) in [5.41, 5.74) is 5.88. The molecule has 1 aromatic carbocycles. The third kappa shape index (κ3) is 2.55. The summed E-state index contributed by atoms with van der Waals surface area (Å²) in [5, 5.41) is 0. The number of nitrogens with two attached hydrogens (primary N) is 1. The summed E-state index contributed by atoms with van der Waals surface area (Å²) in [6.07, 6.45) is 2.16. The van der Waals surface area contributed by atoms with E-state index in [0.717, 1.165) is 12.8 Å². The van der Waals surface area contributed by atoms with Crippen molar-refractivity contribution in [1.82, 2.24) is 0 Å². The van der Waals surface area contributed by atoms with E-state index in [1.165, 1.54) is 12.5 Å². The lowest BCUT2D eigenvalue weighted by Gasteiger charge is -2.18. The Morgan fingerprint density at radius 1 is 1.29 bits per heavy atom. The molecular formula is C12H18FN. The first kappa shape index (κ1) is 11.2. The molecule has 0 saturated carbocycles. The van der Waals surface area contributed by atoms with E-state index >= 15 is 0 Å². The van der Waals surface area contributed by atoms with Crippen molar-refractivity contribution >= 4 is 0 Å². The van der Waals surface area contributed by atoms with E-state index in [4.69, 9.17) is 5.73 Å². The molecule has 0 aliphatic carbocycles. The van der Waals surface area contributed by atoms with Crippen molar-refractivity contribution in [1.29, 1.82) is 0 Å². The van der Waals surface area contributed by atoms with Crippen LogP contribution in [0.2, 0.25) is 0 Å². The Labute approximate surface area is 85.1 Å². The fraction of sp³-hybridized carbons (Fsp3) is 0.500. The average Bonchev–Trinajstić information content (AvgIpc) is 2.19. The minimum absolute atomic E-state index is 0.0279. The van der Waals surface area contributed by atoms with Crippen LogP contribution in [-0.4, -0.2) is 6.54 Å². The zero-order valence-corrected chi connectivity index (χ0v) is 8.89. The van der Waals surface area contributed by atoms with Gasteiger partial charge in [-0.25, -0.2) is 4.39 Å². The molecule has 0 radical (unpaired) electrons. The Hall–Kier alpha value is -0.890. The monoisotopic (exact) mass is 195 g/mol. The highest BCUT2D eigenvalue weighted by atomic mass is 19.1. The van der Waals surface area contributed by atoms with Crippen LogP contribution >= 0.6 is 0 Å². The van der Waals surface area contributed by atoms with Crippen molar-refractivity contribution in [2.24, 2.45) is 5.73 Å². The highest BCUT2D eigenvalue weighted by Crippen LogP contribution is 2.24. The van der Waals surface area contributed by atoms with Crippen LogP contribution in [-0.2, 0) is 12.1 Å². The molecule has 0 aliphatic rings. The summed E-state index contributed by atoms with van der Waals surface area (Å²) in [6, 6.07) is 7.62. The van der Waals surface area contributed by atoms with E-state index < -0.39 is 5.67 Å². The summed E-state index contributed by atoms with van der Waals surface area (Å²) < 4.78 is 13.7. The first-order valence-electron chi connectivity index (χ1n) is 5.08. The van der Waals surface area contributed by atoms with Crippen molar-refractivity contribution in [3.05, 3.63) is 35.4 Å². The van der Waals surface area contributed by atoms with E-state index in [1.807, 2.05) is 24.3 Å². The van der Waals surface area contributed by atoms with Crippen LogP contribution in [0, 0.1) is 0 Å². The molecule has 1 aromatic rings. The fourth-order valence-corrected chi connectivity index (χ4v) is 1.43. The summed E-state index contributed by atoms with van der Waals surface area (Å²) in [4.78, 5) is 0. The number of rotatable bonds is 4. The van der Waals surface area contributed by atoms with Gasteiger partial charge in [-0.15, -0.1) is 0 Å². The van der Waals surface area contributed by atoms with Gasteiger partial charge in [0, 0.05) is 6.54 Å². The van der Waals surface area contributed by atoms with Crippen molar-refractivity contribution in [3.63, 3.8) is 0 Å². The summed E-state index contributed by atoms with van der Waals surface area (Å²) in [6.45, 7) is 3.68. The third-order valence-corrected chi connectivity index (χ3v) is 2.48. The Morgan fingerprint density at radius 2 is 1.86 bits per heavy atom. The summed E-state index contributed by atoms with van der Waals surface area (Å²) in [5.74, 6) is 0. The van der Waals surface area contributed by atoms with Crippen LogP contribution in [0.5, 0.6) is 0 Å². The lowest BCUT2D eigenvalue weighted by Crippen LogP contribution is -2.26. The van der Waals surface area contributed by atoms with Gasteiger partial charge >= 0.3 is 0 Å². The normalized spacial score (nSPS) is 15.1.